The Bertz CT molecular complexity index is 1000. The van der Waals surface area contributed by atoms with E-state index >= 15 is 0 Å². The number of ketones is 1. The second-order valence-electron chi connectivity index (χ2n) is 8.34. The first-order chi connectivity index (χ1) is 16.5. The van der Waals surface area contributed by atoms with Gasteiger partial charge in [-0.15, -0.1) is 0 Å². The Morgan fingerprint density at radius 1 is 1.18 bits per heavy atom. The number of hydrogen-bond donors (Lipinski definition) is 3. The molecule has 3 atom stereocenters. The fourth-order valence-corrected chi connectivity index (χ4v) is 4.04. The van der Waals surface area contributed by atoms with E-state index in [1.807, 2.05) is 30.3 Å². The number of amides is 2. The van der Waals surface area contributed by atoms with Crippen LogP contribution in [-0.2, 0) is 25.5 Å². The van der Waals surface area contributed by atoms with Crippen molar-refractivity contribution in [2.24, 2.45) is 11.8 Å². The van der Waals surface area contributed by atoms with Gasteiger partial charge in [-0.3, -0.25) is 14.4 Å². The van der Waals surface area contributed by atoms with Gasteiger partial charge in [0.25, 0.3) is 0 Å². The molecule has 8 heteroatoms. The number of carbonyl (C=O) groups is 4. The van der Waals surface area contributed by atoms with Gasteiger partial charge < -0.3 is 20.4 Å². The molecule has 2 amide bonds. The molecule has 0 saturated carbocycles. The number of benzene rings is 1. The molecule has 3 rings (SSSR count). The second-order valence-corrected chi connectivity index (χ2v) is 8.34. The first kappa shape index (κ1) is 25.0. The molecule has 34 heavy (non-hydrogen) atoms. The van der Waals surface area contributed by atoms with Crippen LogP contribution < -0.4 is 10.6 Å². The van der Waals surface area contributed by atoms with Gasteiger partial charge >= 0.3 is 5.97 Å². The predicted octanol–water partition coefficient (Wildman–Crippen LogP) is 2.58. The summed E-state index contributed by atoms with van der Waals surface area (Å²) in [4.78, 5) is 53.0. The van der Waals surface area contributed by atoms with Crippen LogP contribution >= 0.6 is 0 Å². The van der Waals surface area contributed by atoms with Crippen molar-refractivity contribution in [1.82, 2.24) is 15.6 Å². The normalized spacial score (nSPS) is 17.2. The first-order valence-electron chi connectivity index (χ1n) is 11.6. The number of rotatable bonds is 12. The van der Waals surface area contributed by atoms with E-state index < -0.39 is 17.9 Å². The third-order valence-corrected chi connectivity index (χ3v) is 5.81. The van der Waals surface area contributed by atoms with E-state index in [1.54, 1.807) is 31.3 Å². The van der Waals surface area contributed by atoms with Crippen LogP contribution in [0, 0.1) is 11.8 Å². The minimum absolute atomic E-state index is 0.0272. The number of Topliss-reactive ketones (excluding diaryl/α,β-unsaturated/α-hetero) is 1. The Labute approximate surface area is 199 Å². The van der Waals surface area contributed by atoms with Crippen LogP contribution in [0.25, 0.3) is 0 Å². The average Bonchev–Trinajstić information content (AvgIpc) is 3.50. The Kier molecular flexibility index (Phi) is 9.20. The fourth-order valence-electron chi connectivity index (χ4n) is 4.04. The molecule has 0 radical (unpaired) electrons. The van der Waals surface area contributed by atoms with E-state index in [0.717, 1.165) is 5.56 Å². The summed E-state index contributed by atoms with van der Waals surface area (Å²) >= 11 is 0. The van der Waals surface area contributed by atoms with E-state index in [0.29, 0.717) is 31.5 Å². The number of nitrogens with one attached hydrogen (secondary N) is 3. The maximum absolute atomic E-state index is 13.4. The summed E-state index contributed by atoms with van der Waals surface area (Å²) in [6.07, 6.45) is 5.94. The number of ether oxygens (including phenoxy) is 1. The Morgan fingerprint density at radius 3 is 2.62 bits per heavy atom. The number of hydrogen-bond acceptors (Lipinski definition) is 5. The van der Waals surface area contributed by atoms with Crippen LogP contribution in [0.2, 0.25) is 0 Å². The van der Waals surface area contributed by atoms with Crippen molar-refractivity contribution in [2.75, 3.05) is 13.2 Å². The minimum Gasteiger partial charge on any atom is -0.463 e. The molecule has 180 valence electrons. The van der Waals surface area contributed by atoms with E-state index in [2.05, 4.69) is 15.6 Å². The number of carbonyl (C=O) groups excluding carboxylic acids is 4. The SMILES string of the molecule is CCOC(=O)/C=C/[C@H](CC1CCNC1=O)NC(=O)C(CC(=O)c1ccc[nH]1)Cc1ccccc1. The molecule has 0 spiro atoms. The summed E-state index contributed by atoms with van der Waals surface area (Å²) in [6, 6.07) is 12.4. The third kappa shape index (κ3) is 7.43. The van der Waals surface area contributed by atoms with Crippen LogP contribution in [0.4, 0.5) is 0 Å². The number of aromatic nitrogens is 1. The minimum atomic E-state index is -0.617. The van der Waals surface area contributed by atoms with E-state index in [9.17, 15) is 19.2 Å². The molecule has 2 aromatic rings. The van der Waals surface area contributed by atoms with Crippen molar-refractivity contribution in [2.45, 2.75) is 38.6 Å². The molecule has 1 aliphatic heterocycles. The summed E-state index contributed by atoms with van der Waals surface area (Å²) in [5, 5.41) is 5.75. The third-order valence-electron chi connectivity index (χ3n) is 5.81. The maximum Gasteiger partial charge on any atom is 0.330 e. The highest BCUT2D eigenvalue weighted by Crippen LogP contribution is 2.20. The number of aromatic amines is 1. The van der Waals surface area contributed by atoms with Crippen molar-refractivity contribution < 1.29 is 23.9 Å². The molecular formula is C26H31N3O5. The average molecular weight is 466 g/mol. The lowest BCUT2D eigenvalue weighted by atomic mass is 9.91. The van der Waals surface area contributed by atoms with Crippen molar-refractivity contribution >= 4 is 23.6 Å². The van der Waals surface area contributed by atoms with Crippen LogP contribution in [0.5, 0.6) is 0 Å². The zero-order valence-electron chi connectivity index (χ0n) is 19.3. The van der Waals surface area contributed by atoms with Gasteiger partial charge in [0.15, 0.2) is 5.78 Å². The zero-order chi connectivity index (χ0) is 24.3. The van der Waals surface area contributed by atoms with Crippen molar-refractivity contribution in [1.29, 1.82) is 0 Å². The molecule has 1 aliphatic rings. The molecule has 2 unspecified atom stereocenters. The van der Waals surface area contributed by atoms with Gasteiger partial charge in [0.05, 0.1) is 12.3 Å². The summed E-state index contributed by atoms with van der Waals surface area (Å²) in [5.74, 6) is -1.91. The van der Waals surface area contributed by atoms with Gasteiger partial charge in [0.2, 0.25) is 11.8 Å². The van der Waals surface area contributed by atoms with Crippen molar-refractivity contribution in [3.05, 3.63) is 72.1 Å². The van der Waals surface area contributed by atoms with E-state index in [1.165, 1.54) is 6.08 Å². The van der Waals surface area contributed by atoms with Crippen molar-refractivity contribution in [3.8, 4) is 0 Å². The van der Waals surface area contributed by atoms with Crippen LogP contribution in [-0.4, -0.2) is 47.7 Å². The summed E-state index contributed by atoms with van der Waals surface area (Å²) in [5.41, 5.74) is 1.39. The second kappa shape index (κ2) is 12.5. The summed E-state index contributed by atoms with van der Waals surface area (Å²) in [7, 11) is 0. The topological polar surface area (TPSA) is 117 Å². The molecule has 3 N–H and O–H groups in total. The molecule has 0 aliphatic carbocycles. The molecule has 0 bridgehead atoms. The van der Waals surface area contributed by atoms with Gasteiger partial charge in [0.1, 0.15) is 0 Å². The smallest absolute Gasteiger partial charge is 0.330 e. The van der Waals surface area contributed by atoms with Gasteiger partial charge in [-0.25, -0.2) is 4.79 Å². The van der Waals surface area contributed by atoms with Gasteiger partial charge in [-0.05, 0) is 43.9 Å². The monoisotopic (exact) mass is 465 g/mol. The van der Waals surface area contributed by atoms with Crippen LogP contribution in [0.15, 0.2) is 60.8 Å². The van der Waals surface area contributed by atoms with E-state index in [-0.39, 0.29) is 36.5 Å². The molecule has 1 saturated heterocycles. The first-order valence-corrected chi connectivity index (χ1v) is 11.6. The molecular weight excluding hydrogens is 434 g/mol. The quantitative estimate of drug-likeness (QED) is 0.253. The summed E-state index contributed by atoms with van der Waals surface area (Å²) < 4.78 is 4.94. The summed E-state index contributed by atoms with van der Waals surface area (Å²) in [6.45, 7) is 2.54. The van der Waals surface area contributed by atoms with Gasteiger partial charge in [-0.1, -0.05) is 36.4 Å². The Hall–Kier alpha value is -3.68. The maximum atomic E-state index is 13.4. The standard InChI is InChI=1S/C26H31N3O5/c1-2-34-24(31)11-10-21(16-19-12-14-28-25(19)32)29-26(33)20(15-18-7-4-3-5-8-18)17-23(30)22-9-6-13-27-22/h3-11,13,19-21,27H,2,12,14-17H2,1H3,(H,28,32)(H,29,33)/b11-10+/t19?,20?,21-/m1/s1. The highest BCUT2D eigenvalue weighted by atomic mass is 16.5. The lowest BCUT2D eigenvalue weighted by Gasteiger charge is -2.22. The molecule has 1 fully saturated rings. The fraction of sp³-hybridized carbons (Fsp3) is 0.385. The zero-order valence-corrected chi connectivity index (χ0v) is 19.3. The van der Waals surface area contributed by atoms with Crippen LogP contribution in [0.1, 0.15) is 42.2 Å². The Balaban J connectivity index is 1.76. The molecule has 1 aromatic heterocycles. The highest BCUT2D eigenvalue weighted by Gasteiger charge is 2.29. The largest absolute Gasteiger partial charge is 0.463 e. The van der Waals surface area contributed by atoms with E-state index in [4.69, 9.17) is 4.74 Å². The van der Waals surface area contributed by atoms with Crippen LogP contribution in [0.3, 0.4) is 0 Å². The van der Waals surface area contributed by atoms with Crippen molar-refractivity contribution in [3.63, 3.8) is 0 Å². The molecule has 2 heterocycles. The number of H-pyrrole nitrogens is 1. The lowest BCUT2D eigenvalue weighted by molar-refractivity contribution is -0.137. The molecule has 8 nitrogen and oxygen atoms in total. The molecule has 1 aromatic carbocycles. The predicted molar refractivity (Wildman–Crippen MR) is 127 cm³/mol. The van der Waals surface area contributed by atoms with Gasteiger partial charge in [0, 0.05) is 43.1 Å². The number of esters is 1. The lowest BCUT2D eigenvalue weighted by Crippen LogP contribution is -2.41. The Morgan fingerprint density at radius 2 is 1.97 bits per heavy atom. The highest BCUT2D eigenvalue weighted by molar-refractivity contribution is 5.97. The van der Waals surface area contributed by atoms with Gasteiger partial charge in [-0.2, -0.15) is 0 Å².